The lowest BCUT2D eigenvalue weighted by atomic mass is 9.83. The molecule has 57 heavy (non-hydrogen) atoms. The molecule has 0 aliphatic carbocycles. The van der Waals surface area contributed by atoms with E-state index in [0.717, 1.165) is 70.4 Å². The number of hydrogen-bond donors (Lipinski definition) is 4. The lowest BCUT2D eigenvalue weighted by Crippen LogP contribution is -2.45. The van der Waals surface area contributed by atoms with E-state index < -0.39 is 56.0 Å². The third-order valence-corrected chi connectivity index (χ3v) is 11.3. The van der Waals surface area contributed by atoms with Crippen molar-refractivity contribution in [3.63, 3.8) is 0 Å². The largest absolute Gasteiger partial charge is 0.487 e. The maximum absolute atomic E-state index is 13.4. The van der Waals surface area contributed by atoms with E-state index in [4.69, 9.17) is 19.7 Å². The Morgan fingerprint density at radius 1 is 0.632 bits per heavy atom. The molecule has 0 unspecified atom stereocenters. The first-order valence-corrected chi connectivity index (χ1v) is 20.8. The molecule has 1 aromatic rings. The molecule has 14 nitrogen and oxygen atoms in total. The summed E-state index contributed by atoms with van der Waals surface area (Å²) >= 11 is 0. The van der Waals surface area contributed by atoms with E-state index in [1.165, 1.54) is 54.7 Å². The van der Waals surface area contributed by atoms with Gasteiger partial charge in [0, 0.05) is 31.7 Å². The molecule has 0 amide bonds. The van der Waals surface area contributed by atoms with Crippen LogP contribution in [0.25, 0.3) is 0 Å². The Balaban J connectivity index is 2.02. The molecule has 0 fully saturated rings. The standard InChI is InChI=1S/C43H71N3O11/c1-29(2)12-9-13-30(3)14-10-15-31(4)16-11-18-43(8)19-17-35-34(7)41(32(5)33(6)42(35)57-43)56-40(55)28-46(27-39(53)54)23-21-44(24-36(47)48)20-22-45(25-37(49)50)26-38(51)52/h29-31H,9-28H2,1-8H3,(H,47,48)(H,49,50)(H,51,52)(H,53,54)/t30-,31-,43-/m1/s1. The topological polar surface area (TPSA) is 194 Å². The molecule has 1 aliphatic heterocycles. The summed E-state index contributed by atoms with van der Waals surface area (Å²) < 4.78 is 12.7. The van der Waals surface area contributed by atoms with E-state index in [0.29, 0.717) is 11.7 Å². The van der Waals surface area contributed by atoms with E-state index in [2.05, 4.69) is 34.6 Å². The van der Waals surface area contributed by atoms with Crippen LogP contribution in [0.1, 0.15) is 121 Å². The fourth-order valence-corrected chi connectivity index (χ4v) is 7.77. The fraction of sp³-hybridized carbons (Fsp3) is 0.744. The number of carboxylic acid groups (broad SMARTS) is 4. The lowest BCUT2D eigenvalue weighted by molar-refractivity contribution is -0.143. The average Bonchev–Trinajstić information content (AvgIpc) is 3.09. The Morgan fingerprint density at radius 3 is 1.56 bits per heavy atom. The van der Waals surface area contributed by atoms with Crippen molar-refractivity contribution in [1.29, 1.82) is 0 Å². The molecule has 2 rings (SSSR count). The van der Waals surface area contributed by atoms with Crippen LogP contribution in [0.15, 0.2) is 0 Å². The first kappa shape index (κ1) is 49.4. The Kier molecular flexibility index (Phi) is 21.0. The van der Waals surface area contributed by atoms with Crippen molar-refractivity contribution in [2.24, 2.45) is 17.8 Å². The van der Waals surface area contributed by atoms with Gasteiger partial charge >= 0.3 is 29.8 Å². The number of benzene rings is 1. The number of fused-ring (bicyclic) bond motifs is 1. The van der Waals surface area contributed by atoms with Crippen LogP contribution in [0.5, 0.6) is 11.5 Å². The first-order chi connectivity index (χ1) is 26.7. The normalized spacial score (nSPS) is 16.4. The zero-order valence-corrected chi connectivity index (χ0v) is 35.9. The number of nitrogens with zero attached hydrogens (tertiary/aromatic N) is 3. The highest BCUT2D eigenvalue weighted by Gasteiger charge is 2.35. The SMILES string of the molecule is Cc1c(C)c2c(c(C)c1OC(=O)CN(CCN(CCN(CC(=O)O)CC(=O)O)CC(=O)O)CC(=O)O)CC[C@@](C)(CCC[C@H](C)CCC[C@H](C)CCCC(C)C)O2. The minimum absolute atomic E-state index is 0.00348. The number of ether oxygens (including phenoxy) is 2. The smallest absolute Gasteiger partial charge is 0.325 e. The van der Waals surface area contributed by atoms with Gasteiger partial charge in [0.25, 0.3) is 0 Å². The van der Waals surface area contributed by atoms with Crippen LogP contribution in [0.2, 0.25) is 0 Å². The Morgan fingerprint density at radius 2 is 1.07 bits per heavy atom. The van der Waals surface area contributed by atoms with Gasteiger partial charge in [0.15, 0.2) is 0 Å². The van der Waals surface area contributed by atoms with Crippen molar-refractivity contribution in [1.82, 2.24) is 14.7 Å². The van der Waals surface area contributed by atoms with Gasteiger partial charge in [-0.2, -0.15) is 0 Å². The molecule has 0 saturated carbocycles. The minimum Gasteiger partial charge on any atom is -0.487 e. The molecule has 324 valence electrons. The van der Waals surface area contributed by atoms with Crippen LogP contribution >= 0.6 is 0 Å². The van der Waals surface area contributed by atoms with Gasteiger partial charge in [0.2, 0.25) is 0 Å². The lowest BCUT2D eigenvalue weighted by Gasteiger charge is -2.38. The van der Waals surface area contributed by atoms with Crippen LogP contribution < -0.4 is 9.47 Å². The molecule has 3 atom stereocenters. The van der Waals surface area contributed by atoms with Crippen molar-refractivity contribution in [3.05, 3.63) is 22.3 Å². The molecular formula is C43H71N3O11. The van der Waals surface area contributed by atoms with Crippen LogP contribution in [0, 0.1) is 38.5 Å². The molecule has 0 bridgehead atoms. The number of aliphatic carboxylic acids is 4. The van der Waals surface area contributed by atoms with Crippen LogP contribution in [0.3, 0.4) is 0 Å². The van der Waals surface area contributed by atoms with Crippen molar-refractivity contribution < 1.29 is 53.9 Å². The number of carbonyl (C=O) groups is 5. The molecular weight excluding hydrogens is 734 g/mol. The summed E-state index contributed by atoms with van der Waals surface area (Å²) in [6, 6.07) is 0. The molecule has 4 N–H and O–H groups in total. The van der Waals surface area contributed by atoms with Gasteiger partial charge in [-0.25, -0.2) is 0 Å². The number of carboxylic acids is 4. The van der Waals surface area contributed by atoms with Crippen molar-refractivity contribution in [3.8, 4) is 11.5 Å². The summed E-state index contributed by atoms with van der Waals surface area (Å²) in [5.74, 6) is -1.97. The molecule has 0 aromatic heterocycles. The summed E-state index contributed by atoms with van der Waals surface area (Å²) in [6.07, 6.45) is 12.7. The summed E-state index contributed by atoms with van der Waals surface area (Å²) in [5, 5.41) is 37.3. The molecule has 0 spiro atoms. The molecule has 1 aliphatic rings. The molecule has 0 saturated heterocycles. The molecule has 1 aromatic carbocycles. The maximum Gasteiger partial charge on any atom is 0.325 e. The van der Waals surface area contributed by atoms with Crippen LogP contribution in [-0.2, 0) is 30.4 Å². The van der Waals surface area contributed by atoms with Gasteiger partial charge in [0.1, 0.15) is 17.1 Å². The van der Waals surface area contributed by atoms with Gasteiger partial charge in [-0.3, -0.25) is 38.7 Å². The highest BCUT2D eigenvalue weighted by molar-refractivity contribution is 5.77. The van der Waals surface area contributed by atoms with Gasteiger partial charge < -0.3 is 29.9 Å². The van der Waals surface area contributed by atoms with Gasteiger partial charge in [-0.15, -0.1) is 0 Å². The Labute approximate surface area is 339 Å². The van der Waals surface area contributed by atoms with E-state index in [1.54, 1.807) is 0 Å². The third kappa shape index (κ3) is 18.6. The van der Waals surface area contributed by atoms with Crippen LogP contribution in [0.4, 0.5) is 0 Å². The van der Waals surface area contributed by atoms with Crippen molar-refractivity contribution in [2.75, 3.05) is 58.9 Å². The second-order valence-electron chi connectivity index (χ2n) is 17.2. The monoisotopic (exact) mass is 806 g/mol. The third-order valence-electron chi connectivity index (χ3n) is 11.3. The molecule has 14 heteroatoms. The van der Waals surface area contributed by atoms with E-state index in [-0.39, 0.29) is 38.3 Å². The van der Waals surface area contributed by atoms with E-state index in [1.807, 2.05) is 20.8 Å². The molecule has 0 radical (unpaired) electrons. The van der Waals surface area contributed by atoms with Gasteiger partial charge in [-0.1, -0.05) is 72.6 Å². The second-order valence-corrected chi connectivity index (χ2v) is 17.2. The summed E-state index contributed by atoms with van der Waals surface area (Å²) in [4.78, 5) is 63.0. The number of esters is 1. The summed E-state index contributed by atoms with van der Waals surface area (Å²) in [6.45, 7) is 14.8. The fourth-order valence-electron chi connectivity index (χ4n) is 7.77. The molecule has 1 heterocycles. The van der Waals surface area contributed by atoms with Crippen molar-refractivity contribution >= 4 is 29.8 Å². The first-order valence-electron chi connectivity index (χ1n) is 20.8. The number of hydrogen-bond acceptors (Lipinski definition) is 10. The summed E-state index contributed by atoms with van der Waals surface area (Å²) in [7, 11) is 0. The number of carbonyl (C=O) groups excluding carboxylic acids is 1. The number of rotatable bonds is 29. The predicted octanol–water partition coefficient (Wildman–Crippen LogP) is 6.28. The van der Waals surface area contributed by atoms with Crippen LogP contribution in [-0.4, -0.2) is 129 Å². The zero-order valence-electron chi connectivity index (χ0n) is 35.9. The quantitative estimate of drug-likeness (QED) is 0.0522. The van der Waals surface area contributed by atoms with E-state index in [9.17, 15) is 34.2 Å². The second kappa shape index (κ2) is 24.2. The van der Waals surface area contributed by atoms with E-state index >= 15 is 0 Å². The highest BCUT2D eigenvalue weighted by Crippen LogP contribution is 2.45. The maximum atomic E-state index is 13.4. The van der Waals surface area contributed by atoms with Crippen molar-refractivity contribution in [2.45, 2.75) is 132 Å². The minimum atomic E-state index is -1.23. The van der Waals surface area contributed by atoms with Gasteiger partial charge in [0.05, 0.1) is 32.7 Å². The summed E-state index contributed by atoms with van der Waals surface area (Å²) in [5.41, 5.74) is 3.17. The highest BCUT2D eigenvalue weighted by atomic mass is 16.5. The predicted molar refractivity (Wildman–Crippen MR) is 218 cm³/mol. The average molecular weight is 806 g/mol. The van der Waals surface area contributed by atoms with Gasteiger partial charge in [-0.05, 0) is 87.8 Å². The Hall–Kier alpha value is -3.75. The Bertz CT molecular complexity index is 1480. The zero-order chi connectivity index (χ0) is 42.9.